The Morgan fingerprint density at radius 1 is 1.03 bits per heavy atom. The quantitative estimate of drug-likeness (QED) is 0.455. The first-order valence-corrected chi connectivity index (χ1v) is 11.1. The molecule has 0 spiro atoms. The van der Waals surface area contributed by atoms with Gasteiger partial charge in [-0.05, 0) is 54.4 Å². The van der Waals surface area contributed by atoms with Crippen molar-refractivity contribution in [2.75, 3.05) is 7.05 Å². The van der Waals surface area contributed by atoms with Gasteiger partial charge in [-0.15, -0.1) is 0 Å². The molecule has 2 amide bonds. The molecule has 33 heavy (non-hydrogen) atoms. The predicted molar refractivity (Wildman–Crippen MR) is 128 cm³/mol. The minimum atomic E-state index is -0.714. The molecule has 1 aliphatic rings. The molecule has 0 N–H and O–H groups in total. The van der Waals surface area contributed by atoms with Crippen molar-refractivity contribution in [3.05, 3.63) is 70.3 Å². The van der Waals surface area contributed by atoms with Gasteiger partial charge in [0.2, 0.25) is 0 Å². The number of carbonyl (C=O) groups excluding carboxylic acids is 3. The molecule has 170 valence electrons. The van der Waals surface area contributed by atoms with E-state index in [9.17, 15) is 14.4 Å². The van der Waals surface area contributed by atoms with Crippen LogP contribution < -0.4 is 4.74 Å². The predicted octanol–water partition coefficient (Wildman–Crippen LogP) is 5.11. The summed E-state index contributed by atoms with van der Waals surface area (Å²) in [5.41, 5.74) is 1.46. The molecule has 8 heteroatoms. The summed E-state index contributed by atoms with van der Waals surface area (Å²) in [5, 5.41) is 0.622. The second-order valence-electron chi connectivity index (χ2n) is 8.70. The van der Waals surface area contributed by atoms with Crippen LogP contribution in [0.3, 0.4) is 0 Å². The van der Waals surface area contributed by atoms with Crippen molar-refractivity contribution in [1.82, 2.24) is 9.47 Å². The number of fused-ring (bicyclic) bond motifs is 1. The molecular formula is C25H23BrN2O5. The van der Waals surface area contributed by atoms with Gasteiger partial charge in [0.05, 0.1) is 15.6 Å². The van der Waals surface area contributed by atoms with Crippen LogP contribution in [0.1, 0.15) is 31.9 Å². The molecular weight excluding hydrogens is 488 g/mol. The highest BCUT2D eigenvalue weighted by atomic mass is 79.9. The number of aromatic nitrogens is 1. The van der Waals surface area contributed by atoms with E-state index in [1.807, 2.05) is 30.3 Å². The maximum atomic E-state index is 13.0. The van der Waals surface area contributed by atoms with Crippen LogP contribution in [0.25, 0.3) is 16.5 Å². The van der Waals surface area contributed by atoms with Gasteiger partial charge >= 0.3 is 6.09 Å². The third-order valence-corrected chi connectivity index (χ3v) is 5.85. The van der Waals surface area contributed by atoms with Crippen molar-refractivity contribution in [2.24, 2.45) is 0 Å². The second-order valence-corrected chi connectivity index (χ2v) is 9.50. The average Bonchev–Trinajstić information content (AvgIpc) is 3.22. The summed E-state index contributed by atoms with van der Waals surface area (Å²) >= 11 is 3.25. The Labute approximate surface area is 199 Å². The van der Waals surface area contributed by atoms with Gasteiger partial charge in [-0.2, -0.15) is 0 Å². The summed E-state index contributed by atoms with van der Waals surface area (Å²) < 4.78 is 13.0. The zero-order valence-corrected chi connectivity index (χ0v) is 20.3. The number of hydrogen-bond donors (Lipinski definition) is 0. The zero-order chi connectivity index (χ0) is 23.9. The van der Waals surface area contributed by atoms with Crippen molar-refractivity contribution >= 4 is 50.3 Å². The van der Waals surface area contributed by atoms with Crippen molar-refractivity contribution in [1.29, 1.82) is 0 Å². The van der Waals surface area contributed by atoms with Crippen molar-refractivity contribution < 1.29 is 23.9 Å². The number of imide groups is 1. The van der Waals surface area contributed by atoms with Crippen LogP contribution >= 0.6 is 15.9 Å². The Hall–Kier alpha value is -3.39. The minimum absolute atomic E-state index is 0.155. The number of hydrogen-bond acceptors (Lipinski definition) is 5. The Balaban J connectivity index is 1.80. The molecule has 3 aromatic rings. The highest BCUT2D eigenvalue weighted by molar-refractivity contribution is 9.12. The molecule has 0 bridgehead atoms. The Morgan fingerprint density at radius 2 is 1.73 bits per heavy atom. The first-order chi connectivity index (χ1) is 15.6. The van der Waals surface area contributed by atoms with Gasteiger partial charge in [0.25, 0.3) is 11.8 Å². The Bertz CT molecular complexity index is 1300. The van der Waals surface area contributed by atoms with Crippen LogP contribution in [-0.2, 0) is 20.9 Å². The number of amides is 2. The molecule has 0 aliphatic carbocycles. The topological polar surface area (TPSA) is 77.8 Å². The zero-order valence-electron chi connectivity index (χ0n) is 18.7. The Kier molecular flexibility index (Phi) is 5.88. The fourth-order valence-corrected chi connectivity index (χ4v) is 4.19. The normalized spacial score (nSPS) is 14.4. The van der Waals surface area contributed by atoms with E-state index in [-0.39, 0.29) is 10.1 Å². The van der Waals surface area contributed by atoms with Crippen LogP contribution in [0.15, 0.2) is 59.2 Å². The lowest BCUT2D eigenvalue weighted by Gasteiger charge is -2.19. The number of rotatable bonds is 4. The molecule has 1 aliphatic heterocycles. The van der Waals surface area contributed by atoms with Gasteiger partial charge in [0.1, 0.15) is 18.0 Å². The first-order valence-electron chi connectivity index (χ1n) is 10.3. The number of likely N-dealkylation sites (N-methyl/N-ethyl adjacent to an activating group) is 1. The van der Waals surface area contributed by atoms with E-state index in [0.717, 1.165) is 10.5 Å². The van der Waals surface area contributed by atoms with E-state index in [0.29, 0.717) is 28.8 Å². The number of nitrogens with zero attached hydrogens (tertiary/aromatic N) is 2. The molecule has 0 fully saturated rings. The fourth-order valence-electron chi connectivity index (χ4n) is 3.54. The second kappa shape index (κ2) is 8.51. The third kappa shape index (κ3) is 4.43. The molecule has 0 unspecified atom stereocenters. The van der Waals surface area contributed by atoms with Gasteiger partial charge in [0, 0.05) is 30.3 Å². The number of halogens is 1. The number of benzene rings is 2. The van der Waals surface area contributed by atoms with Crippen LogP contribution in [0.2, 0.25) is 0 Å². The summed E-state index contributed by atoms with van der Waals surface area (Å²) in [6, 6.07) is 15.0. The van der Waals surface area contributed by atoms with Gasteiger partial charge in [-0.1, -0.05) is 30.3 Å². The lowest BCUT2D eigenvalue weighted by molar-refractivity contribution is -0.134. The van der Waals surface area contributed by atoms with E-state index in [4.69, 9.17) is 9.47 Å². The first kappa shape index (κ1) is 22.8. The van der Waals surface area contributed by atoms with E-state index < -0.39 is 23.5 Å². The molecule has 0 atom stereocenters. The highest BCUT2D eigenvalue weighted by Gasteiger charge is 2.37. The van der Waals surface area contributed by atoms with Gasteiger partial charge in [0.15, 0.2) is 0 Å². The van der Waals surface area contributed by atoms with Crippen molar-refractivity contribution in [3.8, 4) is 5.75 Å². The molecule has 2 aromatic carbocycles. The largest absolute Gasteiger partial charge is 0.489 e. The van der Waals surface area contributed by atoms with Crippen molar-refractivity contribution in [3.63, 3.8) is 0 Å². The number of ether oxygens (including phenoxy) is 2. The van der Waals surface area contributed by atoms with Crippen molar-refractivity contribution in [2.45, 2.75) is 33.0 Å². The number of carbonyl (C=O) groups is 3. The molecule has 1 aromatic heterocycles. The van der Waals surface area contributed by atoms with Crippen LogP contribution in [0.5, 0.6) is 5.75 Å². The summed E-state index contributed by atoms with van der Waals surface area (Å²) in [6.45, 7) is 5.69. The molecule has 0 saturated carbocycles. The monoisotopic (exact) mass is 510 g/mol. The smallest absolute Gasteiger partial charge is 0.419 e. The Morgan fingerprint density at radius 3 is 2.33 bits per heavy atom. The van der Waals surface area contributed by atoms with Crippen LogP contribution in [0, 0.1) is 0 Å². The fraction of sp³-hybridized carbons (Fsp3) is 0.240. The lowest BCUT2D eigenvalue weighted by atomic mass is 10.1. The standard InChI is InChI=1S/C25H23BrN2O5/c1-25(2,3)33-24(31)28-13-18(20-21(26)23(30)27(4)22(20)29)17-11-10-16(12-19(17)28)32-14-15-8-6-5-7-9-15/h5-13H,14H2,1-4H3. The lowest BCUT2D eigenvalue weighted by Crippen LogP contribution is -2.27. The summed E-state index contributed by atoms with van der Waals surface area (Å²) in [5.74, 6) is -0.324. The SMILES string of the molecule is CN1C(=O)C(Br)=C(c2cn(C(=O)OC(C)(C)C)c3cc(OCc4ccccc4)ccc23)C1=O. The van der Waals surface area contributed by atoms with E-state index in [1.54, 1.807) is 39.0 Å². The van der Waals surface area contributed by atoms with Crippen LogP contribution in [-0.4, -0.2) is 40.0 Å². The molecule has 2 heterocycles. The van der Waals surface area contributed by atoms with E-state index in [1.165, 1.54) is 17.8 Å². The van der Waals surface area contributed by atoms with Gasteiger partial charge in [-0.25, -0.2) is 4.79 Å². The molecule has 0 radical (unpaired) electrons. The summed E-state index contributed by atoms with van der Waals surface area (Å²) in [6.07, 6.45) is 0.932. The molecule has 4 rings (SSSR count). The molecule has 7 nitrogen and oxygen atoms in total. The third-order valence-electron chi connectivity index (χ3n) is 5.12. The summed E-state index contributed by atoms with van der Waals surface area (Å²) in [7, 11) is 1.42. The highest BCUT2D eigenvalue weighted by Crippen LogP contribution is 2.38. The van der Waals surface area contributed by atoms with E-state index in [2.05, 4.69) is 15.9 Å². The maximum absolute atomic E-state index is 13.0. The minimum Gasteiger partial charge on any atom is -0.489 e. The van der Waals surface area contributed by atoms with Gasteiger partial charge < -0.3 is 9.47 Å². The molecule has 0 saturated heterocycles. The van der Waals surface area contributed by atoms with E-state index >= 15 is 0 Å². The summed E-state index contributed by atoms with van der Waals surface area (Å²) in [4.78, 5) is 39.1. The average molecular weight is 511 g/mol. The van der Waals surface area contributed by atoms with Crippen LogP contribution in [0.4, 0.5) is 4.79 Å². The maximum Gasteiger partial charge on any atom is 0.419 e. The van der Waals surface area contributed by atoms with Gasteiger partial charge in [-0.3, -0.25) is 19.1 Å².